The molecule has 0 bridgehead atoms. The number of carbonyl (C=O) groups excluding carboxylic acids is 1. The molecule has 0 saturated carbocycles. The van der Waals surface area contributed by atoms with E-state index >= 15 is 0 Å². The van der Waals surface area contributed by atoms with Crippen molar-refractivity contribution in [3.8, 4) is 0 Å². The van der Waals surface area contributed by atoms with Crippen molar-refractivity contribution in [3.63, 3.8) is 0 Å². The molecule has 1 aromatic rings. The maximum Gasteiger partial charge on any atom is 0.417 e. The molecule has 2 nitrogen and oxygen atoms in total. The summed E-state index contributed by atoms with van der Waals surface area (Å²) in [5.41, 5.74) is -1.10. The van der Waals surface area contributed by atoms with Crippen LogP contribution in [0, 0.1) is 0 Å². The van der Waals surface area contributed by atoms with Crippen molar-refractivity contribution in [2.24, 2.45) is 0 Å². The third-order valence-corrected chi connectivity index (χ3v) is 2.54. The molecule has 0 N–H and O–H groups in total. The van der Waals surface area contributed by atoms with E-state index in [-0.39, 0.29) is 12.2 Å². The SMILES string of the molecule is CCOC(=O)/C=C(/c1ccc(Br)cc1)C(F)(F)F. The minimum atomic E-state index is -4.61. The Hall–Kier alpha value is -1.30. The van der Waals surface area contributed by atoms with Crippen LogP contribution < -0.4 is 0 Å². The average Bonchev–Trinajstić information content (AvgIpc) is 2.26. The lowest BCUT2D eigenvalue weighted by Gasteiger charge is -2.11. The molecule has 0 spiro atoms. The fraction of sp³-hybridized carbons (Fsp3) is 0.250. The van der Waals surface area contributed by atoms with Gasteiger partial charge >= 0.3 is 12.1 Å². The molecule has 0 amide bonds. The van der Waals surface area contributed by atoms with Gasteiger partial charge in [0.2, 0.25) is 0 Å². The number of allylic oxidation sites excluding steroid dienone is 1. The predicted molar refractivity (Wildman–Crippen MR) is 64.8 cm³/mol. The molecule has 0 aliphatic carbocycles. The molecule has 1 aromatic carbocycles. The van der Waals surface area contributed by atoms with Crippen LogP contribution in [0.4, 0.5) is 13.2 Å². The maximum absolute atomic E-state index is 12.8. The average molecular weight is 323 g/mol. The Bertz CT molecular complexity index is 449. The van der Waals surface area contributed by atoms with E-state index in [0.29, 0.717) is 10.5 Å². The lowest BCUT2D eigenvalue weighted by Crippen LogP contribution is -2.13. The zero-order valence-corrected chi connectivity index (χ0v) is 11.0. The van der Waals surface area contributed by atoms with Crippen molar-refractivity contribution in [1.29, 1.82) is 0 Å². The van der Waals surface area contributed by atoms with Crippen LogP contribution in [-0.2, 0) is 9.53 Å². The Balaban J connectivity index is 3.14. The Morgan fingerprint density at radius 2 is 1.89 bits per heavy atom. The lowest BCUT2D eigenvalue weighted by molar-refractivity contribution is -0.137. The Morgan fingerprint density at radius 3 is 2.33 bits per heavy atom. The smallest absolute Gasteiger partial charge is 0.417 e. The number of rotatable bonds is 3. The normalized spacial score (nSPS) is 12.4. The fourth-order valence-electron chi connectivity index (χ4n) is 1.26. The van der Waals surface area contributed by atoms with Crippen LogP contribution in [0.3, 0.4) is 0 Å². The van der Waals surface area contributed by atoms with Crippen LogP contribution in [0.5, 0.6) is 0 Å². The van der Waals surface area contributed by atoms with Crippen LogP contribution in [0.1, 0.15) is 12.5 Å². The van der Waals surface area contributed by atoms with Crippen molar-refractivity contribution in [2.75, 3.05) is 6.61 Å². The summed E-state index contributed by atoms with van der Waals surface area (Å²) in [4.78, 5) is 11.1. The highest BCUT2D eigenvalue weighted by molar-refractivity contribution is 9.10. The van der Waals surface area contributed by atoms with E-state index in [1.165, 1.54) is 31.2 Å². The Kier molecular flexibility index (Phi) is 4.95. The van der Waals surface area contributed by atoms with Gasteiger partial charge in [-0.15, -0.1) is 0 Å². The van der Waals surface area contributed by atoms with E-state index in [1.807, 2.05) is 0 Å². The number of alkyl halides is 3. The largest absolute Gasteiger partial charge is 0.463 e. The van der Waals surface area contributed by atoms with E-state index < -0.39 is 17.7 Å². The van der Waals surface area contributed by atoms with Crippen LogP contribution in [0.2, 0.25) is 0 Å². The number of hydrogen-bond acceptors (Lipinski definition) is 2. The van der Waals surface area contributed by atoms with E-state index in [0.717, 1.165) is 0 Å². The Morgan fingerprint density at radius 1 is 1.33 bits per heavy atom. The number of esters is 1. The summed E-state index contributed by atoms with van der Waals surface area (Å²) in [6.07, 6.45) is -4.15. The van der Waals surface area contributed by atoms with Crippen molar-refractivity contribution < 1.29 is 22.7 Å². The van der Waals surface area contributed by atoms with Gasteiger partial charge in [0.1, 0.15) is 0 Å². The van der Waals surface area contributed by atoms with Crippen LogP contribution in [0.15, 0.2) is 34.8 Å². The fourth-order valence-corrected chi connectivity index (χ4v) is 1.52. The summed E-state index contributed by atoms with van der Waals surface area (Å²) < 4.78 is 43.6. The second-order valence-corrected chi connectivity index (χ2v) is 4.23. The van der Waals surface area contributed by atoms with Gasteiger partial charge in [-0.05, 0) is 24.6 Å². The highest BCUT2D eigenvalue weighted by Crippen LogP contribution is 2.34. The molecule has 0 saturated heterocycles. The van der Waals surface area contributed by atoms with Crippen LogP contribution in [0.25, 0.3) is 5.57 Å². The van der Waals surface area contributed by atoms with E-state index in [9.17, 15) is 18.0 Å². The molecular weight excluding hydrogens is 313 g/mol. The molecule has 0 atom stereocenters. The zero-order valence-electron chi connectivity index (χ0n) is 9.42. The van der Waals surface area contributed by atoms with Gasteiger partial charge in [0.05, 0.1) is 12.2 Å². The van der Waals surface area contributed by atoms with Gasteiger partial charge in [0.25, 0.3) is 0 Å². The number of ether oxygens (including phenoxy) is 1. The highest BCUT2D eigenvalue weighted by Gasteiger charge is 2.35. The van der Waals surface area contributed by atoms with Gasteiger partial charge in [0.15, 0.2) is 0 Å². The molecule has 1 rings (SSSR count). The first kappa shape index (κ1) is 14.8. The molecule has 0 aromatic heterocycles. The molecule has 98 valence electrons. The van der Waals surface area contributed by atoms with Crippen molar-refractivity contribution in [2.45, 2.75) is 13.1 Å². The van der Waals surface area contributed by atoms with Gasteiger partial charge in [0, 0.05) is 10.5 Å². The number of carbonyl (C=O) groups is 1. The minimum absolute atomic E-state index is 0.0286. The topological polar surface area (TPSA) is 26.3 Å². The second kappa shape index (κ2) is 6.04. The van der Waals surface area contributed by atoms with E-state index in [4.69, 9.17) is 0 Å². The number of hydrogen-bond donors (Lipinski definition) is 0. The standard InChI is InChI=1S/C12H10BrF3O2/c1-2-18-11(17)7-10(12(14,15)16)8-3-5-9(13)6-4-8/h3-7H,2H2,1H3/b10-7-. The molecule has 0 fully saturated rings. The van der Waals surface area contributed by atoms with E-state index in [1.54, 1.807) is 0 Å². The van der Waals surface area contributed by atoms with Gasteiger partial charge < -0.3 is 4.74 Å². The first-order valence-electron chi connectivity index (χ1n) is 5.06. The molecule has 0 aliphatic rings. The van der Waals surface area contributed by atoms with Gasteiger partial charge in [-0.2, -0.15) is 13.2 Å². The monoisotopic (exact) mass is 322 g/mol. The lowest BCUT2D eigenvalue weighted by atomic mass is 10.1. The zero-order chi connectivity index (χ0) is 13.8. The summed E-state index contributed by atoms with van der Waals surface area (Å²) in [5.74, 6) is -1.01. The summed E-state index contributed by atoms with van der Waals surface area (Å²) in [5, 5.41) is 0. The summed E-state index contributed by atoms with van der Waals surface area (Å²) in [7, 11) is 0. The third-order valence-electron chi connectivity index (χ3n) is 2.01. The number of benzene rings is 1. The molecule has 0 aliphatic heterocycles. The van der Waals surface area contributed by atoms with Gasteiger partial charge in [-0.1, -0.05) is 28.1 Å². The number of halogens is 4. The Labute approximate surface area is 111 Å². The first-order valence-corrected chi connectivity index (χ1v) is 5.85. The quantitative estimate of drug-likeness (QED) is 0.622. The van der Waals surface area contributed by atoms with E-state index in [2.05, 4.69) is 20.7 Å². The first-order chi connectivity index (χ1) is 8.34. The molecule has 0 unspecified atom stereocenters. The molecule has 0 radical (unpaired) electrons. The maximum atomic E-state index is 12.8. The van der Waals surface area contributed by atoms with Crippen molar-refractivity contribution >= 4 is 27.5 Å². The predicted octanol–water partition coefficient (Wildman–Crippen LogP) is 3.96. The van der Waals surface area contributed by atoms with Crippen LogP contribution >= 0.6 is 15.9 Å². The van der Waals surface area contributed by atoms with Crippen molar-refractivity contribution in [3.05, 3.63) is 40.4 Å². The van der Waals surface area contributed by atoms with Gasteiger partial charge in [-0.3, -0.25) is 0 Å². The molecule has 6 heteroatoms. The summed E-state index contributed by atoms with van der Waals surface area (Å²) in [6.45, 7) is 1.55. The minimum Gasteiger partial charge on any atom is -0.463 e. The highest BCUT2D eigenvalue weighted by atomic mass is 79.9. The molecule has 18 heavy (non-hydrogen) atoms. The molecular formula is C12H10BrF3O2. The van der Waals surface area contributed by atoms with Gasteiger partial charge in [-0.25, -0.2) is 4.79 Å². The third kappa shape index (κ3) is 4.18. The second-order valence-electron chi connectivity index (χ2n) is 3.31. The summed E-state index contributed by atoms with van der Waals surface area (Å²) in [6, 6.07) is 5.51. The summed E-state index contributed by atoms with van der Waals surface area (Å²) >= 11 is 3.13. The van der Waals surface area contributed by atoms with Crippen molar-refractivity contribution in [1.82, 2.24) is 0 Å². The molecule has 0 heterocycles. The van der Waals surface area contributed by atoms with Crippen LogP contribution in [-0.4, -0.2) is 18.8 Å².